The maximum atomic E-state index is 6.50. The molecule has 1 saturated heterocycles. The van der Waals surface area contributed by atoms with Gasteiger partial charge in [-0.15, -0.1) is 0 Å². The molecule has 18 heavy (non-hydrogen) atoms. The minimum atomic E-state index is 0.140. The highest BCUT2D eigenvalue weighted by Crippen LogP contribution is 2.26. The van der Waals surface area contributed by atoms with Crippen LogP contribution in [-0.4, -0.2) is 42.8 Å². The fourth-order valence-corrected chi connectivity index (χ4v) is 2.85. The molecule has 1 fully saturated rings. The van der Waals surface area contributed by atoms with E-state index in [4.69, 9.17) is 10.5 Å². The zero-order chi connectivity index (χ0) is 13.6. The van der Waals surface area contributed by atoms with E-state index in [0.29, 0.717) is 0 Å². The van der Waals surface area contributed by atoms with Gasteiger partial charge in [0.2, 0.25) is 0 Å². The highest BCUT2D eigenvalue weighted by Gasteiger charge is 2.36. The van der Waals surface area contributed by atoms with Crippen LogP contribution < -0.4 is 5.73 Å². The van der Waals surface area contributed by atoms with Crippen molar-refractivity contribution >= 4 is 0 Å². The van der Waals surface area contributed by atoms with Gasteiger partial charge in [-0.2, -0.15) is 0 Å². The van der Waals surface area contributed by atoms with Gasteiger partial charge in [0.05, 0.1) is 13.2 Å². The molecule has 1 aliphatic rings. The Hall–Kier alpha value is -0.120. The van der Waals surface area contributed by atoms with Gasteiger partial charge < -0.3 is 10.5 Å². The molecule has 0 radical (unpaired) electrons. The van der Waals surface area contributed by atoms with Crippen molar-refractivity contribution in [1.29, 1.82) is 0 Å². The summed E-state index contributed by atoms with van der Waals surface area (Å²) >= 11 is 0. The predicted octanol–water partition coefficient (Wildman–Crippen LogP) is 2.64. The van der Waals surface area contributed by atoms with Gasteiger partial charge in [-0.3, -0.25) is 4.90 Å². The normalized spacial score (nSPS) is 23.0. The molecule has 108 valence electrons. The van der Waals surface area contributed by atoms with E-state index in [1.54, 1.807) is 0 Å². The number of nitrogens with zero attached hydrogens (tertiary/aromatic N) is 1. The summed E-state index contributed by atoms with van der Waals surface area (Å²) in [6.07, 6.45) is 4.80. The number of hydrogen-bond donors (Lipinski definition) is 1. The summed E-state index contributed by atoms with van der Waals surface area (Å²) in [5.41, 5.74) is 6.64. The third-order valence-corrected chi connectivity index (χ3v) is 4.54. The molecular weight excluding hydrogens is 224 g/mol. The van der Waals surface area contributed by atoms with Crippen molar-refractivity contribution in [2.24, 2.45) is 11.7 Å². The average Bonchev–Trinajstić information content (AvgIpc) is 2.38. The summed E-state index contributed by atoms with van der Waals surface area (Å²) in [6, 6.07) is 0.277. The molecular formula is C15H32N2O. The molecule has 1 heterocycles. The summed E-state index contributed by atoms with van der Waals surface area (Å²) in [6.45, 7) is 12.9. The van der Waals surface area contributed by atoms with Gasteiger partial charge >= 0.3 is 0 Å². The Bertz CT molecular complexity index is 227. The molecule has 3 nitrogen and oxygen atoms in total. The molecule has 1 aliphatic heterocycles. The lowest BCUT2D eigenvalue weighted by Crippen LogP contribution is -2.60. The van der Waals surface area contributed by atoms with Crippen LogP contribution in [0.4, 0.5) is 0 Å². The zero-order valence-electron chi connectivity index (χ0n) is 12.7. The summed E-state index contributed by atoms with van der Waals surface area (Å²) in [4.78, 5) is 2.54. The molecule has 0 aromatic rings. The van der Waals surface area contributed by atoms with Crippen molar-refractivity contribution in [1.82, 2.24) is 4.90 Å². The zero-order valence-corrected chi connectivity index (χ0v) is 12.7. The molecule has 0 saturated carbocycles. The molecule has 2 atom stereocenters. The minimum Gasteiger partial charge on any atom is -0.379 e. The van der Waals surface area contributed by atoms with Gasteiger partial charge in [-0.25, -0.2) is 0 Å². The van der Waals surface area contributed by atoms with E-state index in [1.165, 1.54) is 12.8 Å². The average molecular weight is 256 g/mol. The molecule has 0 aromatic carbocycles. The quantitative estimate of drug-likeness (QED) is 0.761. The van der Waals surface area contributed by atoms with Crippen LogP contribution in [-0.2, 0) is 4.74 Å². The van der Waals surface area contributed by atoms with E-state index in [0.717, 1.165) is 45.1 Å². The van der Waals surface area contributed by atoms with Crippen LogP contribution in [0.3, 0.4) is 0 Å². The standard InChI is InChI=1S/C15H32N2O/c1-5-15(4,17-9-11-18-12-10-17)14(16)8-6-7-13(2)3/h13-14H,5-12,16H2,1-4H3. The number of rotatable bonds is 7. The predicted molar refractivity (Wildman–Crippen MR) is 77.8 cm³/mol. The first-order valence-electron chi connectivity index (χ1n) is 7.59. The monoisotopic (exact) mass is 256 g/mol. The lowest BCUT2D eigenvalue weighted by molar-refractivity contribution is -0.0285. The fraction of sp³-hybridized carbons (Fsp3) is 1.00. The third kappa shape index (κ3) is 4.22. The van der Waals surface area contributed by atoms with E-state index in [2.05, 4.69) is 32.6 Å². The Balaban J connectivity index is 2.50. The highest BCUT2D eigenvalue weighted by molar-refractivity contribution is 4.95. The fourth-order valence-electron chi connectivity index (χ4n) is 2.85. The molecule has 0 aromatic heterocycles. The Labute approximate surface area is 113 Å². The van der Waals surface area contributed by atoms with Crippen LogP contribution in [0.25, 0.3) is 0 Å². The van der Waals surface area contributed by atoms with Crippen LogP contribution in [0.2, 0.25) is 0 Å². The topological polar surface area (TPSA) is 38.5 Å². The summed E-state index contributed by atoms with van der Waals surface area (Å²) < 4.78 is 5.45. The van der Waals surface area contributed by atoms with E-state index in [1.807, 2.05) is 0 Å². The molecule has 3 heteroatoms. The van der Waals surface area contributed by atoms with Gasteiger partial charge in [0.25, 0.3) is 0 Å². The highest BCUT2D eigenvalue weighted by atomic mass is 16.5. The van der Waals surface area contributed by atoms with Crippen LogP contribution in [0.1, 0.15) is 53.4 Å². The molecule has 0 bridgehead atoms. The molecule has 0 aliphatic carbocycles. The third-order valence-electron chi connectivity index (χ3n) is 4.54. The minimum absolute atomic E-state index is 0.140. The lowest BCUT2D eigenvalue weighted by Gasteiger charge is -2.46. The van der Waals surface area contributed by atoms with E-state index >= 15 is 0 Å². The second-order valence-electron chi connectivity index (χ2n) is 6.24. The van der Waals surface area contributed by atoms with Gasteiger partial charge in [-0.1, -0.05) is 33.6 Å². The van der Waals surface area contributed by atoms with Gasteiger partial charge in [0.15, 0.2) is 0 Å². The van der Waals surface area contributed by atoms with Gasteiger partial charge in [0.1, 0.15) is 0 Å². The number of ether oxygens (including phenoxy) is 1. The molecule has 2 unspecified atom stereocenters. The largest absolute Gasteiger partial charge is 0.379 e. The number of hydrogen-bond acceptors (Lipinski definition) is 3. The van der Waals surface area contributed by atoms with Crippen molar-refractivity contribution in [3.8, 4) is 0 Å². The Morgan fingerprint density at radius 1 is 1.22 bits per heavy atom. The van der Waals surface area contributed by atoms with Crippen molar-refractivity contribution < 1.29 is 4.74 Å². The Morgan fingerprint density at radius 2 is 1.83 bits per heavy atom. The first-order chi connectivity index (χ1) is 8.50. The van der Waals surface area contributed by atoms with E-state index in [-0.39, 0.29) is 11.6 Å². The van der Waals surface area contributed by atoms with Gasteiger partial charge in [0, 0.05) is 24.7 Å². The Kier molecular flexibility index (Phi) is 6.61. The summed E-state index contributed by atoms with van der Waals surface area (Å²) in [5.74, 6) is 0.786. The summed E-state index contributed by atoms with van der Waals surface area (Å²) in [5, 5.41) is 0. The number of morpholine rings is 1. The Morgan fingerprint density at radius 3 is 2.33 bits per heavy atom. The molecule has 0 spiro atoms. The summed E-state index contributed by atoms with van der Waals surface area (Å²) in [7, 11) is 0. The number of nitrogens with two attached hydrogens (primary N) is 1. The molecule has 1 rings (SSSR count). The van der Waals surface area contributed by atoms with Crippen LogP contribution in [0, 0.1) is 5.92 Å². The molecule has 2 N–H and O–H groups in total. The smallest absolute Gasteiger partial charge is 0.0594 e. The second kappa shape index (κ2) is 7.46. The van der Waals surface area contributed by atoms with Crippen molar-refractivity contribution in [2.75, 3.05) is 26.3 Å². The van der Waals surface area contributed by atoms with Crippen LogP contribution in [0.5, 0.6) is 0 Å². The maximum absolute atomic E-state index is 6.50. The van der Waals surface area contributed by atoms with Crippen molar-refractivity contribution in [3.05, 3.63) is 0 Å². The van der Waals surface area contributed by atoms with Crippen LogP contribution in [0.15, 0.2) is 0 Å². The molecule has 0 amide bonds. The van der Waals surface area contributed by atoms with E-state index < -0.39 is 0 Å². The first kappa shape index (κ1) is 15.9. The second-order valence-corrected chi connectivity index (χ2v) is 6.24. The van der Waals surface area contributed by atoms with Crippen LogP contribution >= 0.6 is 0 Å². The SMILES string of the molecule is CCC(C)(C(N)CCCC(C)C)N1CCOCC1. The van der Waals surface area contributed by atoms with Crippen molar-refractivity contribution in [2.45, 2.75) is 65.0 Å². The lowest BCUT2D eigenvalue weighted by atomic mass is 9.84. The first-order valence-corrected chi connectivity index (χ1v) is 7.59. The maximum Gasteiger partial charge on any atom is 0.0594 e. The van der Waals surface area contributed by atoms with Gasteiger partial charge in [-0.05, 0) is 25.7 Å². The van der Waals surface area contributed by atoms with E-state index in [9.17, 15) is 0 Å². The van der Waals surface area contributed by atoms with Crippen molar-refractivity contribution in [3.63, 3.8) is 0 Å².